The zero-order valence-electron chi connectivity index (χ0n) is 43.6. The van der Waals surface area contributed by atoms with Crippen LogP contribution in [0.3, 0.4) is 0 Å². The van der Waals surface area contributed by atoms with Crippen molar-refractivity contribution in [1.82, 2.24) is 0 Å². The van der Waals surface area contributed by atoms with Crippen LogP contribution >= 0.6 is 7.82 Å². The Bertz CT molecular complexity index is 1340. The molecule has 0 heterocycles. The van der Waals surface area contributed by atoms with Crippen LogP contribution < -0.4 is 0 Å². The molecule has 3 N–H and O–H groups in total. The molecule has 3 atom stereocenters. The number of esters is 1. The molecule has 0 aromatic heterocycles. The number of phosphoric acid groups is 1. The third-order valence-corrected chi connectivity index (χ3v) is 12.5. The molecular formula is C58H103O9P. The first kappa shape index (κ1) is 65.6. The Morgan fingerprint density at radius 1 is 0.471 bits per heavy atom. The largest absolute Gasteiger partial charge is 0.472 e. The molecule has 0 saturated heterocycles. The number of carbonyl (C=O) groups excluding carboxylic acids is 1. The molecule has 0 bridgehead atoms. The van der Waals surface area contributed by atoms with Gasteiger partial charge in [0.25, 0.3) is 0 Å². The highest BCUT2D eigenvalue weighted by Gasteiger charge is 2.26. The van der Waals surface area contributed by atoms with Crippen molar-refractivity contribution < 1.29 is 43.0 Å². The minimum absolute atomic E-state index is 0.0347. The van der Waals surface area contributed by atoms with Crippen LogP contribution in [-0.2, 0) is 27.9 Å². The third kappa shape index (κ3) is 53.0. The molecule has 0 rings (SSSR count). The van der Waals surface area contributed by atoms with E-state index in [-0.39, 0.29) is 13.0 Å². The Hall–Kier alpha value is -2.36. The lowest BCUT2D eigenvalue weighted by molar-refractivity contribution is -0.154. The number of hydrogen-bond acceptors (Lipinski definition) is 8. The van der Waals surface area contributed by atoms with Crippen molar-refractivity contribution in [3.63, 3.8) is 0 Å². The lowest BCUT2D eigenvalue weighted by Gasteiger charge is -2.20. The number of phosphoric ester groups is 1. The number of rotatable bonds is 52. The van der Waals surface area contributed by atoms with E-state index in [0.717, 1.165) is 83.5 Å². The first-order valence-electron chi connectivity index (χ1n) is 27.6. The van der Waals surface area contributed by atoms with E-state index in [2.05, 4.69) is 98.9 Å². The summed E-state index contributed by atoms with van der Waals surface area (Å²) >= 11 is 0. The van der Waals surface area contributed by atoms with Crippen LogP contribution in [0.4, 0.5) is 0 Å². The number of carbonyl (C=O) groups is 1. The van der Waals surface area contributed by atoms with E-state index in [0.29, 0.717) is 13.0 Å². The van der Waals surface area contributed by atoms with Gasteiger partial charge in [-0.1, -0.05) is 221 Å². The summed E-state index contributed by atoms with van der Waals surface area (Å²) in [4.78, 5) is 22.7. The van der Waals surface area contributed by atoms with Crippen LogP contribution in [0, 0.1) is 0 Å². The molecule has 68 heavy (non-hydrogen) atoms. The summed E-state index contributed by atoms with van der Waals surface area (Å²) in [6.45, 7) is 3.39. The summed E-state index contributed by atoms with van der Waals surface area (Å²) < 4.78 is 33.6. The maximum Gasteiger partial charge on any atom is 0.472 e. The van der Waals surface area contributed by atoms with Crippen LogP contribution in [0.2, 0.25) is 0 Å². The number of ether oxygens (including phenoxy) is 2. The van der Waals surface area contributed by atoms with Gasteiger partial charge in [-0.15, -0.1) is 0 Å². The van der Waals surface area contributed by atoms with Gasteiger partial charge in [0, 0.05) is 13.0 Å². The molecule has 0 aliphatic heterocycles. The van der Waals surface area contributed by atoms with Crippen LogP contribution in [0.5, 0.6) is 0 Å². The first-order chi connectivity index (χ1) is 33.3. The number of aliphatic hydroxyl groups is 2. The van der Waals surface area contributed by atoms with E-state index >= 15 is 0 Å². The maximum atomic E-state index is 12.7. The van der Waals surface area contributed by atoms with Crippen LogP contribution in [0.25, 0.3) is 0 Å². The highest BCUT2D eigenvalue weighted by atomic mass is 31.2. The highest BCUT2D eigenvalue weighted by molar-refractivity contribution is 7.47. The van der Waals surface area contributed by atoms with Crippen molar-refractivity contribution in [3.05, 3.63) is 85.1 Å². The van der Waals surface area contributed by atoms with Gasteiger partial charge in [0.1, 0.15) is 12.2 Å². The lowest BCUT2D eigenvalue weighted by Crippen LogP contribution is -2.29. The fourth-order valence-corrected chi connectivity index (χ4v) is 8.20. The van der Waals surface area contributed by atoms with Gasteiger partial charge in [0.05, 0.1) is 26.4 Å². The molecule has 0 fully saturated rings. The second kappa shape index (κ2) is 54.0. The SMILES string of the molecule is CC/C=C\C/C=C\C/C=C\C/C=C\C/C=C\C/C=C\CCCCCCC(=O)OC(COCCCCCCCCCCCCCC/C=C\CCCCCCCCCC)COP(=O)(O)OCC(O)CO. The van der Waals surface area contributed by atoms with Gasteiger partial charge in [-0.05, 0) is 89.9 Å². The Morgan fingerprint density at radius 2 is 0.838 bits per heavy atom. The minimum atomic E-state index is -4.54. The molecule has 9 nitrogen and oxygen atoms in total. The first-order valence-corrected chi connectivity index (χ1v) is 29.1. The van der Waals surface area contributed by atoms with E-state index in [9.17, 15) is 19.4 Å². The summed E-state index contributed by atoms with van der Waals surface area (Å²) in [5.41, 5.74) is 0. The molecule has 0 saturated carbocycles. The molecule has 0 radical (unpaired) electrons. The molecule has 10 heteroatoms. The molecule has 3 unspecified atom stereocenters. The van der Waals surface area contributed by atoms with Crippen LogP contribution in [-0.4, -0.2) is 66.3 Å². The monoisotopic (exact) mass is 975 g/mol. The Kier molecular flexibility index (Phi) is 52.1. The third-order valence-electron chi connectivity index (χ3n) is 11.6. The van der Waals surface area contributed by atoms with Gasteiger partial charge in [0.15, 0.2) is 0 Å². The van der Waals surface area contributed by atoms with Gasteiger partial charge in [-0.2, -0.15) is 0 Å². The molecule has 0 aromatic carbocycles. The summed E-state index contributed by atoms with van der Waals surface area (Å²) in [6, 6.07) is 0. The molecule has 0 aromatic rings. The van der Waals surface area contributed by atoms with Gasteiger partial charge in [-0.3, -0.25) is 13.8 Å². The molecule has 394 valence electrons. The zero-order valence-corrected chi connectivity index (χ0v) is 44.4. The highest BCUT2D eigenvalue weighted by Crippen LogP contribution is 2.43. The zero-order chi connectivity index (χ0) is 49.5. The molecule has 0 aliphatic carbocycles. The van der Waals surface area contributed by atoms with Crippen molar-refractivity contribution >= 4 is 13.8 Å². The Labute approximate surface area is 417 Å². The molecule has 0 amide bonds. The van der Waals surface area contributed by atoms with Gasteiger partial charge in [-0.25, -0.2) is 4.57 Å². The number of unbranched alkanes of at least 4 members (excludes halogenated alkanes) is 24. The summed E-state index contributed by atoms with van der Waals surface area (Å²) in [6.07, 6.45) is 68.4. The van der Waals surface area contributed by atoms with Crippen molar-refractivity contribution in [2.75, 3.05) is 33.0 Å². The summed E-state index contributed by atoms with van der Waals surface area (Å²) in [7, 11) is -4.54. The van der Waals surface area contributed by atoms with Gasteiger partial charge < -0.3 is 24.6 Å². The fourth-order valence-electron chi connectivity index (χ4n) is 7.41. The standard InChI is InChI=1S/C58H103O9P/c1-3-5-7-9-11-13-15-17-19-21-23-25-27-29-31-33-35-37-39-41-43-45-47-49-51-64-54-57(55-66-68(62,63)65-53-56(60)52-59)67-58(61)50-48-46-44-42-40-38-36-34-32-30-28-26-24-22-20-18-16-14-12-10-8-6-4-2/h6,8,12,14,18,20-21,23-24,26,30,32,36,38,56-57,59-60H,3-5,7,9-11,13,15-17,19,22,25,27-29,31,33-35,37,39-55H2,1-2H3,(H,62,63)/b8-6-,14-12-,20-18-,23-21-,26-24-,32-30-,38-36-. The average molecular weight is 975 g/mol. The summed E-state index contributed by atoms with van der Waals surface area (Å²) in [5, 5.41) is 18.5. The molecule has 0 spiro atoms. The molecule has 0 aliphatic rings. The summed E-state index contributed by atoms with van der Waals surface area (Å²) in [5.74, 6) is -0.407. The maximum absolute atomic E-state index is 12.7. The van der Waals surface area contributed by atoms with Crippen molar-refractivity contribution in [2.24, 2.45) is 0 Å². The van der Waals surface area contributed by atoms with Crippen molar-refractivity contribution in [1.29, 1.82) is 0 Å². The second-order valence-corrected chi connectivity index (χ2v) is 19.7. The van der Waals surface area contributed by atoms with E-state index in [1.165, 1.54) is 122 Å². The predicted octanol–water partition coefficient (Wildman–Crippen LogP) is 16.6. The fraction of sp³-hybridized carbons (Fsp3) is 0.741. The van der Waals surface area contributed by atoms with Crippen LogP contribution in [0.1, 0.15) is 232 Å². The number of aliphatic hydroxyl groups excluding tert-OH is 2. The topological polar surface area (TPSA) is 132 Å². The number of hydrogen-bond donors (Lipinski definition) is 3. The second-order valence-electron chi connectivity index (χ2n) is 18.2. The van der Waals surface area contributed by atoms with E-state index < -0.39 is 45.8 Å². The van der Waals surface area contributed by atoms with E-state index in [1.54, 1.807) is 0 Å². The smallest absolute Gasteiger partial charge is 0.457 e. The number of allylic oxidation sites excluding steroid dienone is 14. The van der Waals surface area contributed by atoms with Crippen LogP contribution in [0.15, 0.2) is 85.1 Å². The van der Waals surface area contributed by atoms with Gasteiger partial charge in [0.2, 0.25) is 0 Å². The quantitative estimate of drug-likeness (QED) is 0.0236. The van der Waals surface area contributed by atoms with Crippen molar-refractivity contribution in [3.8, 4) is 0 Å². The Balaban J connectivity index is 4.10. The predicted molar refractivity (Wildman–Crippen MR) is 288 cm³/mol. The van der Waals surface area contributed by atoms with Crippen molar-refractivity contribution in [2.45, 2.75) is 244 Å². The Morgan fingerprint density at radius 3 is 1.28 bits per heavy atom. The average Bonchev–Trinajstić information content (AvgIpc) is 3.33. The van der Waals surface area contributed by atoms with E-state index in [1.807, 2.05) is 0 Å². The minimum Gasteiger partial charge on any atom is -0.457 e. The normalized spacial score (nSPS) is 14.4. The van der Waals surface area contributed by atoms with Gasteiger partial charge >= 0.3 is 13.8 Å². The molecular weight excluding hydrogens is 872 g/mol. The van der Waals surface area contributed by atoms with E-state index in [4.69, 9.17) is 23.6 Å². The lowest BCUT2D eigenvalue weighted by atomic mass is 10.0.